The summed E-state index contributed by atoms with van der Waals surface area (Å²) in [4.78, 5) is 11.3. The maximum Gasteiger partial charge on any atom is 0.231 e. The first-order valence-corrected chi connectivity index (χ1v) is 9.94. The summed E-state index contributed by atoms with van der Waals surface area (Å²) in [5.74, 6) is 1.67. The zero-order valence-electron chi connectivity index (χ0n) is 15.9. The fourth-order valence-electron chi connectivity index (χ4n) is 4.05. The Labute approximate surface area is 165 Å². The van der Waals surface area contributed by atoms with Gasteiger partial charge in [0.1, 0.15) is 23.5 Å². The average Bonchev–Trinajstić information content (AvgIpc) is 2.77. The molecule has 2 aromatic heterocycles. The van der Waals surface area contributed by atoms with Crippen molar-refractivity contribution >= 4 is 5.82 Å². The quantitative estimate of drug-likeness (QED) is 0.816. The number of nitrogens with zero attached hydrogens (tertiary/aromatic N) is 5. The third kappa shape index (κ3) is 3.77. The minimum atomic E-state index is 0.410. The summed E-state index contributed by atoms with van der Waals surface area (Å²) in [6, 6.07) is 9.97. The van der Waals surface area contributed by atoms with Crippen LogP contribution in [0.15, 0.2) is 24.4 Å². The zero-order valence-corrected chi connectivity index (χ0v) is 15.9. The summed E-state index contributed by atoms with van der Waals surface area (Å²) >= 11 is 0. The van der Waals surface area contributed by atoms with Crippen LogP contribution in [0.4, 0.5) is 5.82 Å². The van der Waals surface area contributed by atoms with E-state index in [0.717, 1.165) is 44.6 Å². The average molecular weight is 373 g/mol. The summed E-state index contributed by atoms with van der Waals surface area (Å²) in [5.41, 5.74) is 3.59. The molecular weight excluding hydrogens is 350 g/mol. The predicted octanol–water partition coefficient (Wildman–Crippen LogP) is 3.39. The number of nitriles is 2. The minimum absolute atomic E-state index is 0.410. The molecule has 0 spiro atoms. The number of pyridine rings is 2. The number of hydrogen-bond donors (Lipinski definition) is 0. The highest BCUT2D eigenvalue weighted by molar-refractivity contribution is 5.56. The number of anilines is 1. The molecule has 6 nitrogen and oxygen atoms in total. The Bertz CT molecular complexity index is 935. The van der Waals surface area contributed by atoms with E-state index in [1.807, 2.05) is 0 Å². The maximum absolute atomic E-state index is 9.59. The lowest BCUT2D eigenvalue weighted by Gasteiger charge is -2.33. The molecular formula is C22H23N5O. The van der Waals surface area contributed by atoms with Gasteiger partial charge >= 0.3 is 0 Å². The van der Waals surface area contributed by atoms with E-state index in [2.05, 4.69) is 28.1 Å². The number of piperidine rings is 1. The number of rotatable bonds is 4. The lowest BCUT2D eigenvalue weighted by Crippen LogP contribution is -2.37. The van der Waals surface area contributed by atoms with E-state index in [-0.39, 0.29) is 0 Å². The van der Waals surface area contributed by atoms with Crippen molar-refractivity contribution in [3.63, 3.8) is 0 Å². The summed E-state index contributed by atoms with van der Waals surface area (Å²) < 4.78 is 5.81. The SMILES string of the molecule is N#Cc1cccnc1OCC1CCN(c2nc3c(cc2C#N)CCCC3)CC1. The van der Waals surface area contributed by atoms with Crippen LogP contribution in [0.25, 0.3) is 0 Å². The molecule has 3 heterocycles. The Morgan fingerprint density at radius 2 is 1.89 bits per heavy atom. The Morgan fingerprint density at radius 3 is 2.68 bits per heavy atom. The van der Waals surface area contributed by atoms with E-state index < -0.39 is 0 Å². The Balaban J connectivity index is 1.39. The van der Waals surface area contributed by atoms with Crippen LogP contribution in [0.3, 0.4) is 0 Å². The smallest absolute Gasteiger partial charge is 0.231 e. The first-order valence-electron chi connectivity index (χ1n) is 9.94. The Hall–Kier alpha value is -3.12. The highest BCUT2D eigenvalue weighted by Crippen LogP contribution is 2.29. The van der Waals surface area contributed by atoms with Crippen molar-refractivity contribution < 1.29 is 4.74 Å². The highest BCUT2D eigenvalue weighted by Gasteiger charge is 2.25. The maximum atomic E-state index is 9.59. The molecule has 0 aromatic carbocycles. The van der Waals surface area contributed by atoms with Gasteiger partial charge in [0, 0.05) is 25.0 Å². The summed E-state index contributed by atoms with van der Waals surface area (Å²) in [6.45, 7) is 2.28. The van der Waals surface area contributed by atoms with Crippen LogP contribution in [0, 0.1) is 28.6 Å². The van der Waals surface area contributed by atoms with Crippen LogP contribution in [0.1, 0.15) is 48.1 Å². The van der Waals surface area contributed by atoms with Gasteiger partial charge in [0.15, 0.2) is 0 Å². The molecule has 1 saturated heterocycles. The molecule has 0 saturated carbocycles. The molecule has 0 atom stereocenters. The highest BCUT2D eigenvalue weighted by atomic mass is 16.5. The van der Waals surface area contributed by atoms with Crippen molar-refractivity contribution in [2.24, 2.45) is 5.92 Å². The third-order valence-electron chi connectivity index (χ3n) is 5.66. The van der Waals surface area contributed by atoms with E-state index in [9.17, 15) is 5.26 Å². The standard InChI is InChI=1S/C22H23N5O/c23-13-18-5-3-9-25-22(18)28-15-16-7-10-27(11-8-16)21-19(14-24)12-17-4-1-2-6-20(17)26-21/h3,5,9,12,16H,1-2,4,6-8,10-11,15H2. The number of ether oxygens (including phenoxy) is 1. The second-order valence-corrected chi connectivity index (χ2v) is 7.49. The van der Waals surface area contributed by atoms with E-state index in [4.69, 9.17) is 15.0 Å². The van der Waals surface area contributed by atoms with Gasteiger partial charge in [0.2, 0.25) is 5.88 Å². The molecule has 1 aliphatic carbocycles. The normalized spacial score (nSPS) is 16.7. The molecule has 142 valence electrons. The molecule has 0 unspecified atom stereocenters. The van der Waals surface area contributed by atoms with Gasteiger partial charge in [0.25, 0.3) is 0 Å². The van der Waals surface area contributed by atoms with Crippen molar-refractivity contribution in [2.45, 2.75) is 38.5 Å². The molecule has 1 fully saturated rings. The molecule has 1 aliphatic heterocycles. The van der Waals surface area contributed by atoms with Crippen molar-refractivity contribution in [3.05, 3.63) is 46.8 Å². The van der Waals surface area contributed by atoms with E-state index in [1.165, 1.54) is 24.1 Å². The summed E-state index contributed by atoms with van der Waals surface area (Å²) in [5, 5.41) is 18.7. The minimum Gasteiger partial charge on any atom is -0.476 e. The van der Waals surface area contributed by atoms with Gasteiger partial charge in [-0.05, 0) is 68.2 Å². The van der Waals surface area contributed by atoms with Gasteiger partial charge in [-0.1, -0.05) is 0 Å². The molecule has 2 aromatic rings. The van der Waals surface area contributed by atoms with Gasteiger partial charge in [-0.25, -0.2) is 9.97 Å². The number of aromatic nitrogens is 2. The Kier molecular flexibility index (Phi) is 5.39. The third-order valence-corrected chi connectivity index (χ3v) is 5.66. The van der Waals surface area contributed by atoms with Crippen LogP contribution in [0.5, 0.6) is 5.88 Å². The molecule has 28 heavy (non-hydrogen) atoms. The molecule has 4 rings (SSSR count). The van der Waals surface area contributed by atoms with Crippen molar-refractivity contribution in [3.8, 4) is 18.0 Å². The fraction of sp³-hybridized carbons (Fsp3) is 0.455. The largest absolute Gasteiger partial charge is 0.476 e. The van der Waals surface area contributed by atoms with Crippen LogP contribution in [-0.4, -0.2) is 29.7 Å². The van der Waals surface area contributed by atoms with Crippen molar-refractivity contribution in [1.29, 1.82) is 10.5 Å². The van der Waals surface area contributed by atoms with Crippen LogP contribution in [-0.2, 0) is 12.8 Å². The fourth-order valence-corrected chi connectivity index (χ4v) is 4.05. The number of aryl methyl sites for hydroxylation is 2. The van der Waals surface area contributed by atoms with Crippen molar-refractivity contribution in [1.82, 2.24) is 9.97 Å². The summed E-state index contributed by atoms with van der Waals surface area (Å²) in [6.07, 6.45) is 8.01. The Morgan fingerprint density at radius 1 is 1.11 bits per heavy atom. The first kappa shape index (κ1) is 18.3. The second-order valence-electron chi connectivity index (χ2n) is 7.49. The van der Waals surface area contributed by atoms with Crippen molar-refractivity contribution in [2.75, 3.05) is 24.6 Å². The van der Waals surface area contributed by atoms with Gasteiger partial charge in [0.05, 0.1) is 12.2 Å². The summed E-state index contributed by atoms with van der Waals surface area (Å²) in [7, 11) is 0. The first-order chi connectivity index (χ1) is 13.8. The van der Waals surface area contributed by atoms with Crippen LogP contribution in [0.2, 0.25) is 0 Å². The second kappa shape index (κ2) is 8.27. The monoisotopic (exact) mass is 373 g/mol. The molecule has 0 N–H and O–H groups in total. The van der Waals surface area contributed by atoms with Crippen LogP contribution < -0.4 is 9.64 Å². The molecule has 0 radical (unpaired) electrons. The van der Waals surface area contributed by atoms with E-state index in [1.54, 1.807) is 18.3 Å². The lowest BCUT2D eigenvalue weighted by molar-refractivity contribution is 0.215. The van der Waals surface area contributed by atoms with Gasteiger partial charge < -0.3 is 9.64 Å². The van der Waals surface area contributed by atoms with E-state index in [0.29, 0.717) is 29.5 Å². The molecule has 0 bridgehead atoms. The lowest BCUT2D eigenvalue weighted by atomic mass is 9.94. The molecule has 2 aliphatic rings. The topological polar surface area (TPSA) is 85.8 Å². The van der Waals surface area contributed by atoms with Gasteiger partial charge in [-0.15, -0.1) is 0 Å². The molecule has 0 amide bonds. The zero-order chi connectivity index (χ0) is 19.3. The number of hydrogen-bond acceptors (Lipinski definition) is 6. The van der Waals surface area contributed by atoms with Gasteiger partial charge in [-0.2, -0.15) is 10.5 Å². The van der Waals surface area contributed by atoms with Gasteiger partial charge in [-0.3, -0.25) is 0 Å². The molecule has 6 heteroatoms. The van der Waals surface area contributed by atoms with Crippen LogP contribution >= 0.6 is 0 Å². The number of fused-ring (bicyclic) bond motifs is 1. The van der Waals surface area contributed by atoms with E-state index >= 15 is 0 Å². The predicted molar refractivity (Wildman–Crippen MR) is 105 cm³/mol.